The topological polar surface area (TPSA) is 56.5 Å². The van der Waals surface area contributed by atoms with Gasteiger partial charge in [0.25, 0.3) is 0 Å². The SMILES string of the molecule is CC(=O)c1oc2ccc(C3=CC(=O)OC3)cc2c1C. The Morgan fingerprint density at radius 1 is 1.32 bits per heavy atom. The van der Waals surface area contributed by atoms with Gasteiger partial charge in [0.2, 0.25) is 0 Å². The minimum absolute atomic E-state index is 0.0890. The zero-order valence-corrected chi connectivity index (χ0v) is 10.6. The number of carbonyl (C=O) groups excluding carboxylic acids is 2. The predicted octanol–water partition coefficient (Wildman–Crippen LogP) is 2.88. The highest BCUT2D eigenvalue weighted by Crippen LogP contribution is 2.29. The van der Waals surface area contributed by atoms with Crippen LogP contribution >= 0.6 is 0 Å². The van der Waals surface area contributed by atoms with Crippen LogP contribution in [-0.4, -0.2) is 18.4 Å². The fourth-order valence-corrected chi connectivity index (χ4v) is 2.30. The molecule has 1 aromatic carbocycles. The second-order valence-electron chi connectivity index (χ2n) is 4.60. The van der Waals surface area contributed by atoms with Crippen LogP contribution in [0.25, 0.3) is 16.5 Å². The van der Waals surface area contributed by atoms with Crippen molar-refractivity contribution in [1.82, 2.24) is 0 Å². The highest BCUT2D eigenvalue weighted by Gasteiger charge is 2.18. The highest BCUT2D eigenvalue weighted by molar-refractivity contribution is 6.01. The Balaban J connectivity index is 2.15. The van der Waals surface area contributed by atoms with Gasteiger partial charge in [0.05, 0.1) is 0 Å². The largest absolute Gasteiger partial charge is 0.458 e. The average Bonchev–Trinajstić information content (AvgIpc) is 2.94. The summed E-state index contributed by atoms with van der Waals surface area (Å²) in [5.74, 6) is -0.0165. The van der Waals surface area contributed by atoms with Crippen molar-refractivity contribution in [3.05, 3.63) is 41.2 Å². The molecular weight excluding hydrogens is 244 g/mol. The molecule has 19 heavy (non-hydrogen) atoms. The summed E-state index contributed by atoms with van der Waals surface area (Å²) in [6, 6.07) is 5.60. The molecule has 1 aliphatic heterocycles. The summed E-state index contributed by atoms with van der Waals surface area (Å²) in [5.41, 5.74) is 3.27. The van der Waals surface area contributed by atoms with E-state index in [2.05, 4.69) is 0 Å². The molecule has 0 atom stereocenters. The number of Topliss-reactive ketones (excluding diaryl/α,β-unsaturated/α-hetero) is 1. The maximum absolute atomic E-state index is 11.5. The Labute approximate surface area is 109 Å². The summed E-state index contributed by atoms with van der Waals surface area (Å²) < 4.78 is 10.4. The summed E-state index contributed by atoms with van der Waals surface area (Å²) in [6.07, 6.45) is 1.49. The van der Waals surface area contributed by atoms with Gasteiger partial charge in [-0.2, -0.15) is 0 Å². The van der Waals surface area contributed by atoms with Gasteiger partial charge in [-0.15, -0.1) is 0 Å². The van der Waals surface area contributed by atoms with Crippen LogP contribution in [0, 0.1) is 6.92 Å². The molecule has 0 amide bonds. The third-order valence-corrected chi connectivity index (χ3v) is 3.29. The maximum atomic E-state index is 11.5. The number of ether oxygens (including phenoxy) is 1. The molecule has 0 radical (unpaired) electrons. The van der Waals surface area contributed by atoms with E-state index in [9.17, 15) is 9.59 Å². The second kappa shape index (κ2) is 4.09. The number of furan rings is 1. The van der Waals surface area contributed by atoms with E-state index in [0.717, 1.165) is 22.1 Å². The van der Waals surface area contributed by atoms with Crippen LogP contribution in [0.3, 0.4) is 0 Å². The third kappa shape index (κ3) is 1.85. The van der Waals surface area contributed by atoms with Crippen LogP contribution in [0.4, 0.5) is 0 Å². The van der Waals surface area contributed by atoms with E-state index < -0.39 is 0 Å². The van der Waals surface area contributed by atoms with Crippen molar-refractivity contribution in [1.29, 1.82) is 0 Å². The molecule has 2 aromatic rings. The minimum atomic E-state index is -0.316. The average molecular weight is 256 g/mol. The fraction of sp³-hybridized carbons (Fsp3) is 0.200. The van der Waals surface area contributed by atoms with Crippen molar-refractivity contribution in [2.24, 2.45) is 0 Å². The Kier molecular flexibility index (Phi) is 2.52. The third-order valence-electron chi connectivity index (χ3n) is 3.29. The van der Waals surface area contributed by atoms with Crippen molar-refractivity contribution in [2.75, 3.05) is 6.61 Å². The van der Waals surface area contributed by atoms with Gasteiger partial charge >= 0.3 is 5.97 Å². The number of ketones is 1. The van der Waals surface area contributed by atoms with E-state index in [1.807, 2.05) is 25.1 Å². The molecule has 96 valence electrons. The maximum Gasteiger partial charge on any atom is 0.331 e. The highest BCUT2D eigenvalue weighted by atomic mass is 16.5. The molecule has 0 unspecified atom stereocenters. The molecule has 0 bridgehead atoms. The van der Waals surface area contributed by atoms with Crippen LogP contribution in [0.15, 0.2) is 28.7 Å². The van der Waals surface area contributed by atoms with Gasteiger partial charge in [-0.1, -0.05) is 6.07 Å². The monoisotopic (exact) mass is 256 g/mol. The van der Waals surface area contributed by atoms with Crippen molar-refractivity contribution < 1.29 is 18.7 Å². The van der Waals surface area contributed by atoms with E-state index in [0.29, 0.717) is 18.0 Å². The quantitative estimate of drug-likeness (QED) is 0.612. The normalized spacial score (nSPS) is 14.6. The molecule has 4 nitrogen and oxygen atoms in total. The number of carbonyl (C=O) groups is 2. The number of benzene rings is 1. The molecule has 0 fully saturated rings. The Bertz CT molecular complexity index is 734. The zero-order valence-electron chi connectivity index (χ0n) is 10.6. The number of hydrogen-bond acceptors (Lipinski definition) is 4. The van der Waals surface area contributed by atoms with Crippen molar-refractivity contribution in [3.63, 3.8) is 0 Å². The smallest absolute Gasteiger partial charge is 0.331 e. The van der Waals surface area contributed by atoms with Crippen LogP contribution in [0.2, 0.25) is 0 Å². The fourth-order valence-electron chi connectivity index (χ4n) is 2.30. The first-order valence-electron chi connectivity index (χ1n) is 5.98. The molecule has 0 aliphatic carbocycles. The van der Waals surface area contributed by atoms with Gasteiger partial charge in [0, 0.05) is 29.5 Å². The van der Waals surface area contributed by atoms with Gasteiger partial charge in [-0.25, -0.2) is 4.79 Å². The number of esters is 1. The summed E-state index contributed by atoms with van der Waals surface area (Å²) in [4.78, 5) is 22.5. The Morgan fingerprint density at radius 3 is 2.74 bits per heavy atom. The summed E-state index contributed by atoms with van der Waals surface area (Å²) in [6.45, 7) is 3.63. The Morgan fingerprint density at radius 2 is 2.11 bits per heavy atom. The molecule has 0 spiro atoms. The van der Waals surface area contributed by atoms with E-state index >= 15 is 0 Å². The van der Waals surface area contributed by atoms with Crippen LogP contribution in [-0.2, 0) is 9.53 Å². The van der Waals surface area contributed by atoms with Gasteiger partial charge in [0.15, 0.2) is 11.5 Å². The number of rotatable bonds is 2. The second-order valence-corrected chi connectivity index (χ2v) is 4.60. The predicted molar refractivity (Wildman–Crippen MR) is 69.9 cm³/mol. The van der Waals surface area contributed by atoms with Crippen molar-refractivity contribution in [3.8, 4) is 0 Å². The van der Waals surface area contributed by atoms with Crippen molar-refractivity contribution in [2.45, 2.75) is 13.8 Å². The van der Waals surface area contributed by atoms with E-state index in [-0.39, 0.29) is 11.8 Å². The lowest BCUT2D eigenvalue weighted by atomic mass is 10.0. The summed E-state index contributed by atoms with van der Waals surface area (Å²) >= 11 is 0. The number of fused-ring (bicyclic) bond motifs is 1. The minimum Gasteiger partial charge on any atom is -0.458 e. The lowest BCUT2D eigenvalue weighted by molar-refractivity contribution is -0.134. The van der Waals surface area contributed by atoms with Gasteiger partial charge in [0.1, 0.15) is 12.2 Å². The van der Waals surface area contributed by atoms with Crippen LogP contribution < -0.4 is 0 Å². The van der Waals surface area contributed by atoms with Gasteiger partial charge in [-0.3, -0.25) is 4.79 Å². The van der Waals surface area contributed by atoms with E-state index in [1.54, 1.807) is 0 Å². The lowest BCUT2D eigenvalue weighted by Gasteiger charge is -2.00. The van der Waals surface area contributed by atoms with Gasteiger partial charge in [-0.05, 0) is 24.6 Å². The molecule has 3 rings (SSSR count). The lowest BCUT2D eigenvalue weighted by Crippen LogP contribution is -1.92. The first-order valence-corrected chi connectivity index (χ1v) is 5.98. The summed E-state index contributed by atoms with van der Waals surface area (Å²) in [5, 5.41) is 0.892. The number of hydrogen-bond donors (Lipinski definition) is 0. The number of aryl methyl sites for hydroxylation is 1. The van der Waals surface area contributed by atoms with E-state index in [1.165, 1.54) is 13.0 Å². The van der Waals surface area contributed by atoms with Crippen LogP contribution in [0.1, 0.15) is 28.6 Å². The molecule has 4 heteroatoms. The first kappa shape index (κ1) is 11.7. The molecule has 1 aliphatic rings. The molecule has 1 aromatic heterocycles. The summed E-state index contributed by atoms with van der Waals surface area (Å²) in [7, 11) is 0. The molecule has 0 saturated carbocycles. The van der Waals surface area contributed by atoms with Crippen molar-refractivity contribution >= 4 is 28.3 Å². The molecule has 2 heterocycles. The van der Waals surface area contributed by atoms with Crippen LogP contribution in [0.5, 0.6) is 0 Å². The number of cyclic esters (lactones) is 1. The Hall–Kier alpha value is -2.36. The van der Waals surface area contributed by atoms with Gasteiger partial charge < -0.3 is 9.15 Å². The zero-order chi connectivity index (χ0) is 13.6. The van der Waals surface area contributed by atoms with E-state index in [4.69, 9.17) is 9.15 Å². The molecular formula is C15H12O4. The first-order chi connectivity index (χ1) is 9.06. The molecule has 0 N–H and O–H groups in total. The molecule has 0 saturated heterocycles. The standard InChI is InChI=1S/C15H12O4/c1-8-12-5-10(11-6-14(17)18-7-11)3-4-13(12)19-15(8)9(2)16/h3-6H,7H2,1-2H3.